The molecule has 0 saturated heterocycles. The molecule has 0 radical (unpaired) electrons. The highest BCUT2D eigenvalue weighted by molar-refractivity contribution is 5.94. The van der Waals surface area contributed by atoms with Crippen LogP contribution in [0, 0.1) is 5.92 Å². The zero-order chi connectivity index (χ0) is 30.4. The van der Waals surface area contributed by atoms with Crippen molar-refractivity contribution in [3.63, 3.8) is 0 Å². The largest absolute Gasteiger partial charge is 0.480 e. The second-order valence-electron chi connectivity index (χ2n) is 10.9. The van der Waals surface area contributed by atoms with E-state index < -0.39 is 47.9 Å². The summed E-state index contributed by atoms with van der Waals surface area (Å²) in [5.41, 5.74) is 19.2. The summed E-state index contributed by atoms with van der Waals surface area (Å²) >= 11 is 0. The average molecular weight is 574 g/mol. The normalized spacial score (nSPS) is 14.3. The van der Waals surface area contributed by atoms with Gasteiger partial charge in [0.25, 0.3) is 0 Å². The van der Waals surface area contributed by atoms with Crippen LogP contribution in [0.2, 0.25) is 0 Å². The number of hydrogen-bond donors (Lipinski definition) is 8. The molecule has 3 amide bonds. The number of hydrogen-bond acceptors (Lipinski definition) is 7. The molecule has 0 aliphatic rings. The van der Waals surface area contributed by atoms with Crippen molar-refractivity contribution < 1.29 is 24.3 Å². The predicted molar refractivity (Wildman–Crippen MR) is 159 cm³/mol. The van der Waals surface area contributed by atoms with E-state index >= 15 is 0 Å². The van der Waals surface area contributed by atoms with Crippen LogP contribution in [0.4, 0.5) is 0 Å². The van der Waals surface area contributed by atoms with Gasteiger partial charge in [-0.05, 0) is 82.0 Å². The summed E-state index contributed by atoms with van der Waals surface area (Å²) < 4.78 is 0. The summed E-state index contributed by atoms with van der Waals surface area (Å²) in [6.07, 6.45) is 5.27. The first-order valence-electron chi connectivity index (χ1n) is 14.4. The Bertz CT molecular complexity index is 1140. The number of H-pyrrole nitrogens is 1. The van der Waals surface area contributed by atoms with Crippen molar-refractivity contribution in [2.75, 3.05) is 13.1 Å². The summed E-state index contributed by atoms with van der Waals surface area (Å²) in [6, 6.07) is 3.79. The van der Waals surface area contributed by atoms with Crippen molar-refractivity contribution in [1.82, 2.24) is 20.9 Å². The van der Waals surface area contributed by atoms with Crippen molar-refractivity contribution >= 4 is 34.6 Å². The second-order valence-corrected chi connectivity index (χ2v) is 10.9. The van der Waals surface area contributed by atoms with Gasteiger partial charge >= 0.3 is 5.97 Å². The Balaban J connectivity index is 2.11. The van der Waals surface area contributed by atoms with E-state index in [0.29, 0.717) is 45.2 Å². The molecule has 0 aliphatic carbocycles. The number of carbonyl (C=O) groups is 4. The zero-order valence-corrected chi connectivity index (χ0v) is 24.2. The fourth-order valence-corrected chi connectivity index (χ4v) is 4.67. The molecular weight excluding hydrogens is 526 g/mol. The molecule has 228 valence electrons. The van der Waals surface area contributed by atoms with Crippen LogP contribution in [0.1, 0.15) is 64.4 Å². The number of carboxylic acids is 1. The van der Waals surface area contributed by atoms with Gasteiger partial charge < -0.3 is 43.2 Å². The van der Waals surface area contributed by atoms with E-state index in [-0.39, 0.29) is 25.2 Å². The molecule has 0 saturated carbocycles. The quantitative estimate of drug-likeness (QED) is 0.112. The van der Waals surface area contributed by atoms with Gasteiger partial charge in [-0.2, -0.15) is 0 Å². The molecule has 2 aromatic rings. The Kier molecular flexibility index (Phi) is 14.3. The molecule has 1 aromatic carbocycles. The van der Waals surface area contributed by atoms with Crippen LogP contribution in [0.25, 0.3) is 10.9 Å². The van der Waals surface area contributed by atoms with E-state index in [4.69, 9.17) is 17.2 Å². The molecule has 4 atom stereocenters. The topological polar surface area (TPSA) is 218 Å². The minimum Gasteiger partial charge on any atom is -0.480 e. The monoisotopic (exact) mass is 573 g/mol. The van der Waals surface area contributed by atoms with Gasteiger partial charge in [0.1, 0.15) is 18.1 Å². The number of aromatic nitrogens is 1. The number of aromatic amines is 1. The van der Waals surface area contributed by atoms with Gasteiger partial charge in [-0.15, -0.1) is 0 Å². The fourth-order valence-electron chi connectivity index (χ4n) is 4.67. The Morgan fingerprint density at radius 1 is 0.829 bits per heavy atom. The molecule has 41 heavy (non-hydrogen) atoms. The number of rotatable bonds is 19. The number of aliphatic carboxylic acids is 1. The molecule has 0 spiro atoms. The third kappa shape index (κ3) is 11.1. The Morgan fingerprint density at radius 2 is 1.39 bits per heavy atom. The van der Waals surface area contributed by atoms with Crippen LogP contribution >= 0.6 is 0 Å². The highest BCUT2D eigenvalue weighted by atomic mass is 16.4. The number of unbranched alkanes of at least 4 members (excludes halogenated alkanes) is 2. The number of carbonyl (C=O) groups excluding carboxylic acids is 3. The molecule has 12 heteroatoms. The van der Waals surface area contributed by atoms with Gasteiger partial charge in [-0.3, -0.25) is 14.4 Å². The highest BCUT2D eigenvalue weighted by Gasteiger charge is 2.30. The second kappa shape index (κ2) is 17.4. The van der Waals surface area contributed by atoms with Crippen LogP contribution in [-0.4, -0.2) is 71.0 Å². The molecule has 1 heterocycles. The SMILES string of the molecule is CC(C)CC(NC(=O)C(N)Cc1c[nH]c2ccccc12)C(=O)NC(CCCCN)C(=O)NC(CCCCN)C(=O)O. The van der Waals surface area contributed by atoms with Gasteiger partial charge in [0.05, 0.1) is 6.04 Å². The first kappa shape index (κ1) is 33.7. The third-order valence-corrected chi connectivity index (χ3v) is 6.93. The van der Waals surface area contributed by atoms with Crippen LogP contribution in [0.15, 0.2) is 30.5 Å². The van der Waals surface area contributed by atoms with E-state index in [1.54, 1.807) is 0 Å². The van der Waals surface area contributed by atoms with Gasteiger partial charge in [0, 0.05) is 17.1 Å². The maximum absolute atomic E-state index is 13.4. The number of nitrogens with one attached hydrogen (secondary N) is 4. The Hall–Kier alpha value is -3.48. The number of nitrogens with two attached hydrogens (primary N) is 3. The summed E-state index contributed by atoms with van der Waals surface area (Å²) in [6.45, 7) is 4.68. The van der Waals surface area contributed by atoms with Gasteiger partial charge in [0.2, 0.25) is 17.7 Å². The molecule has 0 aliphatic heterocycles. The van der Waals surface area contributed by atoms with E-state index in [1.165, 1.54) is 0 Å². The minimum atomic E-state index is -1.16. The maximum atomic E-state index is 13.4. The smallest absolute Gasteiger partial charge is 0.326 e. The number of para-hydroxylation sites is 1. The van der Waals surface area contributed by atoms with E-state index in [0.717, 1.165) is 16.5 Å². The third-order valence-electron chi connectivity index (χ3n) is 6.93. The number of amides is 3. The summed E-state index contributed by atoms with van der Waals surface area (Å²) in [4.78, 5) is 54.5. The lowest BCUT2D eigenvalue weighted by atomic mass is 10.00. The summed E-state index contributed by atoms with van der Waals surface area (Å²) in [5.74, 6) is -2.71. The van der Waals surface area contributed by atoms with E-state index in [1.807, 2.05) is 44.3 Å². The maximum Gasteiger partial charge on any atom is 0.326 e. The van der Waals surface area contributed by atoms with Gasteiger partial charge in [0.15, 0.2) is 0 Å². The fraction of sp³-hybridized carbons (Fsp3) is 0.586. The number of fused-ring (bicyclic) bond motifs is 1. The molecule has 2 rings (SSSR count). The zero-order valence-electron chi connectivity index (χ0n) is 24.2. The van der Waals surface area contributed by atoms with Crippen molar-refractivity contribution in [2.45, 2.75) is 89.4 Å². The molecule has 1 aromatic heterocycles. The molecule has 4 unspecified atom stereocenters. The van der Waals surface area contributed by atoms with Crippen molar-refractivity contribution in [2.24, 2.45) is 23.1 Å². The Morgan fingerprint density at radius 3 is 2.00 bits per heavy atom. The lowest BCUT2D eigenvalue weighted by molar-refractivity contribution is -0.142. The van der Waals surface area contributed by atoms with Crippen molar-refractivity contribution in [3.05, 3.63) is 36.0 Å². The lowest BCUT2D eigenvalue weighted by Crippen LogP contribution is -2.57. The molecule has 11 N–H and O–H groups in total. The number of benzene rings is 1. The van der Waals surface area contributed by atoms with Gasteiger partial charge in [-0.1, -0.05) is 32.0 Å². The van der Waals surface area contributed by atoms with E-state index in [9.17, 15) is 24.3 Å². The molecule has 0 fully saturated rings. The van der Waals surface area contributed by atoms with E-state index in [2.05, 4.69) is 20.9 Å². The molecule has 12 nitrogen and oxygen atoms in total. The minimum absolute atomic E-state index is 0.0549. The van der Waals surface area contributed by atoms with Crippen LogP contribution < -0.4 is 33.2 Å². The summed E-state index contributed by atoms with van der Waals surface area (Å²) in [7, 11) is 0. The highest BCUT2D eigenvalue weighted by Crippen LogP contribution is 2.19. The first-order valence-corrected chi connectivity index (χ1v) is 14.4. The standard InChI is InChI=1S/C29H47N7O5/c1-18(2)15-25(36-26(37)21(32)16-19-17-33-22-10-4-3-9-20(19)22)28(39)34-23(11-5-7-13-30)27(38)35-24(29(40)41)12-6-8-14-31/h3-4,9-10,17-18,21,23-25,33H,5-8,11-16,30-32H2,1-2H3,(H,34,39)(H,35,38)(H,36,37)(H,40,41). The predicted octanol–water partition coefficient (Wildman–Crippen LogP) is 0.881. The van der Waals surface area contributed by atoms with Crippen LogP contribution in [-0.2, 0) is 25.6 Å². The Labute approximate surface area is 241 Å². The first-order chi connectivity index (χ1) is 19.6. The molecular formula is C29H47N7O5. The lowest BCUT2D eigenvalue weighted by Gasteiger charge is -2.26. The van der Waals surface area contributed by atoms with Crippen molar-refractivity contribution in [1.29, 1.82) is 0 Å². The summed E-state index contributed by atoms with van der Waals surface area (Å²) in [5, 5.41) is 18.6. The van der Waals surface area contributed by atoms with Crippen LogP contribution in [0.3, 0.4) is 0 Å². The van der Waals surface area contributed by atoms with Gasteiger partial charge in [-0.25, -0.2) is 4.79 Å². The molecule has 0 bridgehead atoms. The average Bonchev–Trinajstić information content (AvgIpc) is 3.33. The van der Waals surface area contributed by atoms with Crippen LogP contribution in [0.5, 0.6) is 0 Å². The number of carboxylic acid groups (broad SMARTS) is 1. The van der Waals surface area contributed by atoms with Crippen molar-refractivity contribution in [3.8, 4) is 0 Å².